The summed E-state index contributed by atoms with van der Waals surface area (Å²) in [6.45, 7) is 0. The Morgan fingerprint density at radius 2 is 1.74 bits per heavy atom. The van der Waals surface area contributed by atoms with Crippen molar-refractivity contribution in [1.82, 2.24) is 10.3 Å². The van der Waals surface area contributed by atoms with Crippen LogP contribution in [0.25, 0.3) is 10.9 Å². The first-order valence-electron chi connectivity index (χ1n) is 7.34. The number of fused-ring (bicyclic) bond motifs is 1. The number of hydrogen-bond acceptors (Lipinski definition) is 2. The molecule has 5 nitrogen and oxygen atoms in total. The molecule has 5 heteroatoms. The number of para-hydroxylation sites is 1. The predicted octanol–water partition coefficient (Wildman–Crippen LogP) is 2.05. The highest BCUT2D eigenvalue weighted by Gasteiger charge is 2.20. The highest BCUT2D eigenvalue weighted by atomic mass is 16.2. The number of nitrogens with two attached hydrogens (primary N) is 1. The summed E-state index contributed by atoms with van der Waals surface area (Å²) in [6, 6.07) is 15.9. The minimum Gasteiger partial charge on any atom is -0.368 e. The van der Waals surface area contributed by atoms with Crippen LogP contribution in [0.5, 0.6) is 0 Å². The number of amides is 2. The van der Waals surface area contributed by atoms with Crippen LogP contribution in [-0.2, 0) is 16.0 Å². The molecule has 0 aliphatic rings. The van der Waals surface area contributed by atoms with Gasteiger partial charge in [-0.25, -0.2) is 0 Å². The van der Waals surface area contributed by atoms with Crippen molar-refractivity contribution < 1.29 is 9.59 Å². The molecule has 3 rings (SSSR count). The van der Waals surface area contributed by atoms with Gasteiger partial charge in [-0.15, -0.1) is 0 Å². The molecule has 2 aromatic carbocycles. The van der Waals surface area contributed by atoms with Crippen LogP contribution in [-0.4, -0.2) is 16.8 Å². The van der Waals surface area contributed by atoms with E-state index in [0.29, 0.717) is 5.56 Å². The van der Waals surface area contributed by atoms with Crippen LogP contribution in [0.4, 0.5) is 0 Å². The van der Waals surface area contributed by atoms with E-state index < -0.39 is 11.9 Å². The number of carbonyl (C=O) groups is 2. The van der Waals surface area contributed by atoms with E-state index in [1.54, 1.807) is 24.3 Å². The zero-order valence-corrected chi connectivity index (χ0v) is 12.5. The lowest BCUT2D eigenvalue weighted by Crippen LogP contribution is -2.38. The number of primary amides is 1. The molecule has 4 N–H and O–H groups in total. The Hall–Kier alpha value is -3.08. The van der Waals surface area contributed by atoms with Gasteiger partial charge in [-0.05, 0) is 17.2 Å². The van der Waals surface area contributed by atoms with E-state index in [4.69, 9.17) is 5.73 Å². The van der Waals surface area contributed by atoms with Crippen LogP contribution in [0.2, 0.25) is 0 Å². The molecular formula is C18H17N3O2. The summed E-state index contributed by atoms with van der Waals surface area (Å²) in [5.74, 6) is -0.828. The van der Waals surface area contributed by atoms with E-state index in [0.717, 1.165) is 16.5 Å². The number of rotatable bonds is 5. The lowest BCUT2D eigenvalue weighted by molar-refractivity contribution is -0.127. The molecule has 0 saturated heterocycles. The SMILES string of the molecule is NC(=O)C(NC(=O)Cc1c[nH]c2ccccc12)c1ccccc1. The van der Waals surface area contributed by atoms with Gasteiger partial charge >= 0.3 is 0 Å². The predicted molar refractivity (Wildman–Crippen MR) is 88.5 cm³/mol. The highest BCUT2D eigenvalue weighted by Crippen LogP contribution is 2.19. The van der Waals surface area contributed by atoms with E-state index in [2.05, 4.69) is 10.3 Å². The van der Waals surface area contributed by atoms with Crippen molar-refractivity contribution in [3.63, 3.8) is 0 Å². The molecule has 2 amide bonds. The van der Waals surface area contributed by atoms with Crippen LogP contribution in [0.1, 0.15) is 17.2 Å². The Morgan fingerprint density at radius 3 is 2.48 bits per heavy atom. The summed E-state index contributed by atoms with van der Waals surface area (Å²) in [5, 5.41) is 3.71. The molecular weight excluding hydrogens is 290 g/mol. The third kappa shape index (κ3) is 3.23. The topological polar surface area (TPSA) is 88.0 Å². The molecule has 0 fully saturated rings. The van der Waals surface area contributed by atoms with E-state index in [9.17, 15) is 9.59 Å². The van der Waals surface area contributed by atoms with Gasteiger partial charge < -0.3 is 16.0 Å². The molecule has 0 radical (unpaired) electrons. The van der Waals surface area contributed by atoms with E-state index in [-0.39, 0.29) is 12.3 Å². The molecule has 0 aliphatic heterocycles. The minimum absolute atomic E-state index is 0.181. The van der Waals surface area contributed by atoms with Gasteiger partial charge in [0.25, 0.3) is 0 Å². The smallest absolute Gasteiger partial charge is 0.244 e. The Morgan fingerprint density at radius 1 is 1.04 bits per heavy atom. The summed E-state index contributed by atoms with van der Waals surface area (Å²) in [7, 11) is 0. The van der Waals surface area contributed by atoms with Crippen molar-refractivity contribution in [2.24, 2.45) is 5.73 Å². The largest absolute Gasteiger partial charge is 0.368 e. The summed E-state index contributed by atoms with van der Waals surface area (Å²) in [4.78, 5) is 27.1. The van der Waals surface area contributed by atoms with Gasteiger partial charge in [0.15, 0.2) is 0 Å². The van der Waals surface area contributed by atoms with Gasteiger partial charge in [0.05, 0.1) is 6.42 Å². The van der Waals surface area contributed by atoms with Crippen LogP contribution in [0.15, 0.2) is 60.8 Å². The fourth-order valence-corrected chi connectivity index (χ4v) is 2.63. The number of nitrogens with one attached hydrogen (secondary N) is 2. The first-order chi connectivity index (χ1) is 11.1. The maximum absolute atomic E-state index is 12.3. The van der Waals surface area contributed by atoms with Gasteiger partial charge in [-0.1, -0.05) is 48.5 Å². The van der Waals surface area contributed by atoms with Crippen molar-refractivity contribution in [3.05, 3.63) is 71.9 Å². The fraction of sp³-hybridized carbons (Fsp3) is 0.111. The van der Waals surface area contributed by atoms with E-state index in [1.165, 1.54) is 0 Å². The van der Waals surface area contributed by atoms with Gasteiger partial charge in [0, 0.05) is 17.1 Å². The highest BCUT2D eigenvalue weighted by molar-refractivity contribution is 5.91. The third-order valence-electron chi connectivity index (χ3n) is 3.75. The number of carbonyl (C=O) groups excluding carboxylic acids is 2. The maximum atomic E-state index is 12.3. The summed E-state index contributed by atoms with van der Waals surface area (Å²) < 4.78 is 0. The van der Waals surface area contributed by atoms with Crippen LogP contribution in [0.3, 0.4) is 0 Å². The Balaban J connectivity index is 1.76. The van der Waals surface area contributed by atoms with Crippen molar-refractivity contribution in [3.8, 4) is 0 Å². The first kappa shape index (κ1) is 14.8. The standard InChI is InChI=1S/C18H17N3O2/c19-18(23)17(12-6-2-1-3-7-12)21-16(22)10-13-11-20-15-9-5-4-8-14(13)15/h1-9,11,17,20H,10H2,(H2,19,23)(H,21,22). The number of aromatic nitrogens is 1. The number of H-pyrrole nitrogens is 1. The average molecular weight is 307 g/mol. The van der Waals surface area contributed by atoms with Gasteiger partial charge in [0.2, 0.25) is 11.8 Å². The zero-order chi connectivity index (χ0) is 16.2. The molecule has 1 heterocycles. The second-order valence-corrected chi connectivity index (χ2v) is 5.35. The lowest BCUT2D eigenvalue weighted by Gasteiger charge is -2.15. The molecule has 23 heavy (non-hydrogen) atoms. The zero-order valence-electron chi connectivity index (χ0n) is 12.5. The van der Waals surface area contributed by atoms with Crippen LogP contribution in [0, 0.1) is 0 Å². The summed E-state index contributed by atoms with van der Waals surface area (Å²) in [5.41, 5.74) is 7.95. The summed E-state index contributed by atoms with van der Waals surface area (Å²) >= 11 is 0. The van der Waals surface area contributed by atoms with Gasteiger partial charge in [0.1, 0.15) is 6.04 Å². The van der Waals surface area contributed by atoms with E-state index >= 15 is 0 Å². The third-order valence-corrected chi connectivity index (χ3v) is 3.75. The maximum Gasteiger partial charge on any atom is 0.244 e. The van der Waals surface area contributed by atoms with E-state index in [1.807, 2.05) is 36.5 Å². The van der Waals surface area contributed by atoms with Gasteiger partial charge in [-0.2, -0.15) is 0 Å². The minimum atomic E-state index is -0.825. The van der Waals surface area contributed by atoms with Crippen molar-refractivity contribution in [2.45, 2.75) is 12.5 Å². The van der Waals surface area contributed by atoms with Crippen molar-refractivity contribution in [1.29, 1.82) is 0 Å². The first-order valence-corrected chi connectivity index (χ1v) is 7.34. The monoisotopic (exact) mass is 307 g/mol. The molecule has 1 aromatic heterocycles. The molecule has 0 bridgehead atoms. The quantitative estimate of drug-likeness (QED) is 0.673. The number of benzene rings is 2. The van der Waals surface area contributed by atoms with Gasteiger partial charge in [-0.3, -0.25) is 9.59 Å². The second kappa shape index (κ2) is 6.36. The van der Waals surface area contributed by atoms with Crippen LogP contribution >= 0.6 is 0 Å². The van der Waals surface area contributed by atoms with Crippen LogP contribution < -0.4 is 11.1 Å². The number of hydrogen-bond donors (Lipinski definition) is 3. The van der Waals surface area contributed by atoms with Crippen molar-refractivity contribution in [2.75, 3.05) is 0 Å². The lowest BCUT2D eigenvalue weighted by atomic mass is 10.1. The van der Waals surface area contributed by atoms with Crippen molar-refractivity contribution >= 4 is 22.7 Å². The molecule has 116 valence electrons. The molecule has 0 saturated carbocycles. The average Bonchev–Trinajstić information content (AvgIpc) is 2.96. The number of aromatic amines is 1. The molecule has 3 aromatic rings. The Bertz CT molecular complexity index is 840. The second-order valence-electron chi connectivity index (χ2n) is 5.35. The molecule has 0 aliphatic carbocycles. The Kier molecular flexibility index (Phi) is 4.10. The fourth-order valence-electron chi connectivity index (χ4n) is 2.63. The Labute approximate surface area is 133 Å². The normalized spacial score (nSPS) is 12.0. The molecule has 1 unspecified atom stereocenters. The molecule has 0 spiro atoms. The molecule has 1 atom stereocenters. The summed E-state index contributed by atoms with van der Waals surface area (Å²) in [6.07, 6.45) is 1.99.